The summed E-state index contributed by atoms with van der Waals surface area (Å²) in [5, 5.41) is 2.81. The highest BCUT2D eigenvalue weighted by molar-refractivity contribution is 6.03. The summed E-state index contributed by atoms with van der Waals surface area (Å²) in [6.07, 6.45) is 1.98. The number of rotatable bonds is 7. The van der Waals surface area contributed by atoms with E-state index in [1.165, 1.54) is 18.1 Å². The molecule has 0 saturated heterocycles. The van der Waals surface area contributed by atoms with Gasteiger partial charge in [0.1, 0.15) is 5.78 Å². The van der Waals surface area contributed by atoms with E-state index < -0.39 is 0 Å². The second-order valence-corrected chi connectivity index (χ2v) is 6.61. The Kier molecular flexibility index (Phi) is 6.60. The molecule has 0 bridgehead atoms. The molecule has 1 aromatic rings. The average Bonchev–Trinajstić information content (AvgIpc) is 2.30. The van der Waals surface area contributed by atoms with Gasteiger partial charge in [-0.05, 0) is 54.9 Å². The van der Waals surface area contributed by atoms with Crippen LogP contribution >= 0.6 is 0 Å². The molecule has 0 saturated carbocycles. The molecule has 0 aliphatic heterocycles. The highest BCUT2D eigenvalue weighted by atomic mass is 16.2. The van der Waals surface area contributed by atoms with Gasteiger partial charge in [-0.1, -0.05) is 33.8 Å². The zero-order valence-corrected chi connectivity index (χ0v) is 13.8. The second kappa shape index (κ2) is 7.96. The molecule has 0 aliphatic carbocycles. The fourth-order valence-electron chi connectivity index (χ4n) is 2.40. The van der Waals surface area contributed by atoms with Crippen molar-refractivity contribution in [3.63, 3.8) is 0 Å². The van der Waals surface area contributed by atoms with Gasteiger partial charge in [0, 0.05) is 5.69 Å². The number of nitrogens with one attached hydrogen (secondary N) is 1. The molecular weight excluding hydrogens is 262 g/mol. The summed E-state index contributed by atoms with van der Waals surface area (Å²) in [5.41, 5.74) is 3.42. The number of benzene rings is 1. The lowest BCUT2D eigenvalue weighted by atomic mass is 9.92. The van der Waals surface area contributed by atoms with Gasteiger partial charge < -0.3 is 5.32 Å². The minimum atomic E-state index is -0.241. The van der Waals surface area contributed by atoms with E-state index in [0.717, 1.165) is 18.5 Å². The lowest BCUT2D eigenvalue weighted by Crippen LogP contribution is -2.15. The predicted molar refractivity (Wildman–Crippen MR) is 87.5 cm³/mol. The van der Waals surface area contributed by atoms with Crippen molar-refractivity contribution in [2.45, 2.75) is 53.9 Å². The van der Waals surface area contributed by atoms with Gasteiger partial charge >= 0.3 is 0 Å². The molecule has 1 amide bonds. The molecule has 1 rings (SSSR count). The van der Waals surface area contributed by atoms with E-state index in [0.29, 0.717) is 11.8 Å². The van der Waals surface area contributed by atoms with Gasteiger partial charge in [0.15, 0.2) is 0 Å². The fraction of sp³-hybridized carbons (Fsp3) is 0.556. The van der Waals surface area contributed by atoms with Crippen molar-refractivity contribution >= 4 is 17.4 Å². The van der Waals surface area contributed by atoms with Crippen molar-refractivity contribution in [3.8, 4) is 0 Å². The fourth-order valence-corrected chi connectivity index (χ4v) is 2.40. The Morgan fingerprint density at radius 2 is 1.57 bits per heavy atom. The van der Waals surface area contributed by atoms with Crippen molar-refractivity contribution in [2.24, 2.45) is 11.8 Å². The molecule has 0 aliphatic rings. The average molecular weight is 289 g/mol. The number of hydrogen-bond donors (Lipinski definition) is 1. The van der Waals surface area contributed by atoms with Crippen LogP contribution in [0.3, 0.4) is 0 Å². The van der Waals surface area contributed by atoms with Crippen molar-refractivity contribution in [1.29, 1.82) is 0 Å². The lowest BCUT2D eigenvalue weighted by Gasteiger charge is -2.15. The first-order chi connectivity index (χ1) is 9.77. The smallest absolute Gasteiger partial charge is 0.231 e. The van der Waals surface area contributed by atoms with Crippen LogP contribution in [0.5, 0.6) is 0 Å². The van der Waals surface area contributed by atoms with Gasteiger partial charge in [-0.25, -0.2) is 0 Å². The van der Waals surface area contributed by atoms with E-state index in [2.05, 4.69) is 45.1 Å². The maximum Gasteiger partial charge on any atom is 0.231 e. The van der Waals surface area contributed by atoms with Gasteiger partial charge in [0.2, 0.25) is 5.91 Å². The van der Waals surface area contributed by atoms with E-state index in [1.807, 2.05) is 6.07 Å². The molecule has 0 spiro atoms. The minimum Gasteiger partial charge on any atom is -0.326 e. The molecule has 0 radical (unpaired) electrons. The third-order valence-electron chi connectivity index (χ3n) is 3.16. The molecule has 1 N–H and O–H groups in total. The summed E-state index contributed by atoms with van der Waals surface area (Å²) in [6.45, 7) is 10.2. The molecule has 0 atom stereocenters. The number of ketones is 1. The molecule has 0 fully saturated rings. The quantitative estimate of drug-likeness (QED) is 0.771. The zero-order valence-electron chi connectivity index (χ0n) is 13.8. The summed E-state index contributed by atoms with van der Waals surface area (Å²) < 4.78 is 0. The van der Waals surface area contributed by atoms with E-state index in [1.54, 1.807) is 0 Å². The molecular formula is C18H27NO2. The summed E-state index contributed by atoms with van der Waals surface area (Å²) in [5.74, 6) is 0.814. The van der Waals surface area contributed by atoms with Crippen LogP contribution in [0, 0.1) is 11.8 Å². The zero-order chi connectivity index (χ0) is 16.0. The van der Waals surface area contributed by atoms with Crippen molar-refractivity contribution in [2.75, 3.05) is 5.32 Å². The van der Waals surface area contributed by atoms with E-state index >= 15 is 0 Å². The molecule has 0 aromatic heterocycles. The van der Waals surface area contributed by atoms with Gasteiger partial charge in [0.25, 0.3) is 0 Å². The number of amides is 1. The molecule has 0 heterocycles. The van der Waals surface area contributed by atoms with Crippen LogP contribution in [0.2, 0.25) is 0 Å². The maximum atomic E-state index is 11.7. The molecule has 1 aromatic carbocycles. The van der Waals surface area contributed by atoms with Crippen LogP contribution in [0.4, 0.5) is 5.69 Å². The van der Waals surface area contributed by atoms with E-state index in [-0.39, 0.29) is 18.1 Å². The van der Waals surface area contributed by atoms with Gasteiger partial charge in [-0.2, -0.15) is 0 Å². The van der Waals surface area contributed by atoms with Crippen LogP contribution in [0.25, 0.3) is 0 Å². The third-order valence-corrected chi connectivity index (χ3v) is 3.16. The Morgan fingerprint density at radius 3 is 2.10 bits per heavy atom. The third kappa shape index (κ3) is 6.56. The highest BCUT2D eigenvalue weighted by Crippen LogP contribution is 2.22. The summed E-state index contributed by atoms with van der Waals surface area (Å²) in [6, 6.07) is 6.08. The van der Waals surface area contributed by atoms with Gasteiger partial charge in [0.05, 0.1) is 6.42 Å². The molecule has 21 heavy (non-hydrogen) atoms. The predicted octanol–water partition coefficient (Wildman–Crippen LogP) is 4.00. The Bertz CT molecular complexity index is 504. The first-order valence-electron chi connectivity index (χ1n) is 7.69. The second-order valence-electron chi connectivity index (χ2n) is 6.61. The topological polar surface area (TPSA) is 46.2 Å². The molecule has 116 valence electrons. The van der Waals surface area contributed by atoms with Crippen LogP contribution in [-0.4, -0.2) is 11.7 Å². The Balaban J connectivity index is 2.92. The Morgan fingerprint density at radius 1 is 1.00 bits per heavy atom. The normalized spacial score (nSPS) is 11.0. The number of carbonyl (C=O) groups is 2. The van der Waals surface area contributed by atoms with Crippen LogP contribution < -0.4 is 5.32 Å². The summed E-state index contributed by atoms with van der Waals surface area (Å²) in [4.78, 5) is 22.7. The standard InChI is InChI=1S/C18H27NO2/c1-12(2)8-15-6-7-17(11-16(15)9-13(3)4)19-18(21)10-14(5)20/h6-7,11-13H,8-10H2,1-5H3,(H,19,21). The minimum absolute atomic E-state index is 0.0622. The largest absolute Gasteiger partial charge is 0.326 e. The first-order valence-corrected chi connectivity index (χ1v) is 7.69. The number of hydrogen-bond acceptors (Lipinski definition) is 2. The SMILES string of the molecule is CC(=O)CC(=O)Nc1ccc(CC(C)C)c(CC(C)C)c1. The van der Waals surface area contributed by atoms with Gasteiger partial charge in [-0.3, -0.25) is 9.59 Å². The molecule has 3 heteroatoms. The van der Waals surface area contributed by atoms with E-state index in [9.17, 15) is 9.59 Å². The van der Waals surface area contributed by atoms with Crippen molar-refractivity contribution < 1.29 is 9.59 Å². The van der Waals surface area contributed by atoms with E-state index in [4.69, 9.17) is 0 Å². The highest BCUT2D eigenvalue weighted by Gasteiger charge is 2.10. The van der Waals surface area contributed by atoms with Gasteiger partial charge in [-0.15, -0.1) is 0 Å². The van der Waals surface area contributed by atoms with Crippen molar-refractivity contribution in [1.82, 2.24) is 0 Å². The number of Topliss-reactive ketones (excluding diaryl/α,β-unsaturated/α-hetero) is 1. The summed E-state index contributed by atoms with van der Waals surface area (Å²) >= 11 is 0. The maximum absolute atomic E-state index is 11.7. The number of anilines is 1. The van der Waals surface area contributed by atoms with Crippen LogP contribution in [0.15, 0.2) is 18.2 Å². The lowest BCUT2D eigenvalue weighted by molar-refractivity contribution is -0.124. The Hall–Kier alpha value is -1.64. The first kappa shape index (κ1) is 17.4. The number of carbonyl (C=O) groups excluding carboxylic acids is 2. The monoisotopic (exact) mass is 289 g/mol. The molecule has 3 nitrogen and oxygen atoms in total. The van der Waals surface area contributed by atoms with Crippen molar-refractivity contribution in [3.05, 3.63) is 29.3 Å². The van der Waals surface area contributed by atoms with Crippen LogP contribution in [-0.2, 0) is 22.4 Å². The Labute approximate surface area is 128 Å². The molecule has 0 unspecified atom stereocenters. The summed E-state index contributed by atoms with van der Waals surface area (Å²) in [7, 11) is 0. The van der Waals surface area contributed by atoms with Crippen LogP contribution in [0.1, 0.15) is 52.2 Å².